The molecule has 2 rings (SSSR count). The molecule has 2 aliphatic heterocycles. The number of hydrogen-bond donors (Lipinski definition) is 9. The SMILES string of the molecule is CCCCCCC/C=C\CCCCCCCC(=O)NC(COC1OC(CO)C(OC2OC(CO)C(O)C(O)C2O)C(O)C1O)C(O)/C=C/CCCCCCCCCCCCCCCCCCCCCCCCCCCC. The second-order valence-electron chi connectivity index (χ2n) is 22.5. The molecule has 76 heavy (non-hydrogen) atoms. The molecular weight excluding hydrogens is 967 g/mol. The predicted molar refractivity (Wildman–Crippen MR) is 305 cm³/mol. The van der Waals surface area contributed by atoms with E-state index in [1.54, 1.807) is 6.08 Å². The number of nitrogens with one attached hydrogen (secondary N) is 1. The van der Waals surface area contributed by atoms with E-state index in [1.807, 2.05) is 6.08 Å². The number of amides is 1. The molecule has 0 spiro atoms. The van der Waals surface area contributed by atoms with Crippen molar-refractivity contribution in [3.8, 4) is 0 Å². The van der Waals surface area contributed by atoms with Crippen LogP contribution in [-0.2, 0) is 23.7 Å². The molecule has 2 saturated heterocycles. The third-order valence-corrected chi connectivity index (χ3v) is 15.6. The lowest BCUT2D eigenvalue weighted by Gasteiger charge is -2.46. The maximum absolute atomic E-state index is 13.2. The summed E-state index contributed by atoms with van der Waals surface area (Å²) in [5.41, 5.74) is 0. The molecule has 0 aromatic heterocycles. The molecule has 12 unspecified atom stereocenters. The second kappa shape index (κ2) is 48.2. The van der Waals surface area contributed by atoms with Crippen molar-refractivity contribution < 1.29 is 64.6 Å². The highest BCUT2D eigenvalue weighted by atomic mass is 16.7. The Morgan fingerprint density at radius 3 is 1.25 bits per heavy atom. The first-order valence-corrected chi connectivity index (χ1v) is 31.6. The van der Waals surface area contributed by atoms with Crippen LogP contribution in [0.5, 0.6) is 0 Å². The van der Waals surface area contributed by atoms with E-state index in [0.717, 1.165) is 57.8 Å². The Kier molecular flexibility index (Phi) is 44.8. The van der Waals surface area contributed by atoms with Crippen molar-refractivity contribution in [1.29, 1.82) is 0 Å². The van der Waals surface area contributed by atoms with Crippen LogP contribution in [0.1, 0.15) is 271 Å². The van der Waals surface area contributed by atoms with Gasteiger partial charge in [0.15, 0.2) is 12.6 Å². The zero-order chi connectivity index (χ0) is 55.3. The van der Waals surface area contributed by atoms with Gasteiger partial charge >= 0.3 is 0 Å². The van der Waals surface area contributed by atoms with Gasteiger partial charge < -0.3 is 65.1 Å². The molecule has 14 nitrogen and oxygen atoms in total. The van der Waals surface area contributed by atoms with Gasteiger partial charge in [-0.25, -0.2) is 0 Å². The molecule has 0 bridgehead atoms. The number of ether oxygens (including phenoxy) is 4. The van der Waals surface area contributed by atoms with Crippen LogP contribution in [0.25, 0.3) is 0 Å². The van der Waals surface area contributed by atoms with Crippen molar-refractivity contribution in [2.75, 3.05) is 19.8 Å². The number of carbonyl (C=O) groups is 1. The summed E-state index contributed by atoms with van der Waals surface area (Å²) in [6.07, 6.45) is 40.9. The monoisotopic (exact) mass is 1080 g/mol. The summed E-state index contributed by atoms with van der Waals surface area (Å²) in [4.78, 5) is 13.2. The van der Waals surface area contributed by atoms with Gasteiger partial charge in [-0.15, -0.1) is 0 Å². The van der Waals surface area contributed by atoms with Crippen LogP contribution in [0, 0.1) is 0 Å². The van der Waals surface area contributed by atoms with Gasteiger partial charge in [0.25, 0.3) is 0 Å². The van der Waals surface area contributed by atoms with Gasteiger partial charge in [0.1, 0.15) is 48.8 Å². The lowest BCUT2D eigenvalue weighted by atomic mass is 9.97. The molecule has 0 saturated carbocycles. The largest absolute Gasteiger partial charge is 0.394 e. The minimum atomic E-state index is -1.79. The molecule has 1 amide bonds. The summed E-state index contributed by atoms with van der Waals surface area (Å²) >= 11 is 0. The zero-order valence-corrected chi connectivity index (χ0v) is 48.3. The fourth-order valence-electron chi connectivity index (χ4n) is 10.5. The van der Waals surface area contributed by atoms with Crippen molar-refractivity contribution in [2.24, 2.45) is 0 Å². The number of aliphatic hydroxyl groups is 8. The molecule has 9 N–H and O–H groups in total. The van der Waals surface area contributed by atoms with Crippen LogP contribution in [0.3, 0.4) is 0 Å². The Labute approximate surface area is 462 Å². The van der Waals surface area contributed by atoms with Gasteiger partial charge in [-0.05, 0) is 44.9 Å². The number of aliphatic hydroxyl groups excluding tert-OH is 8. The third kappa shape index (κ3) is 33.3. The van der Waals surface area contributed by atoms with Crippen LogP contribution in [0.2, 0.25) is 0 Å². The first kappa shape index (κ1) is 70.6. The van der Waals surface area contributed by atoms with Gasteiger partial charge in [0.2, 0.25) is 5.91 Å². The number of carbonyl (C=O) groups excluding carboxylic acids is 1. The Morgan fingerprint density at radius 2 is 0.829 bits per heavy atom. The normalized spacial score (nSPS) is 25.0. The number of unbranched alkanes of at least 4 members (excludes halogenated alkanes) is 36. The average Bonchev–Trinajstić information content (AvgIpc) is 3.42. The quantitative estimate of drug-likeness (QED) is 0.0204. The molecule has 448 valence electrons. The number of rotatable bonds is 51. The number of hydrogen-bond acceptors (Lipinski definition) is 13. The third-order valence-electron chi connectivity index (χ3n) is 15.6. The van der Waals surface area contributed by atoms with E-state index in [2.05, 4.69) is 31.3 Å². The summed E-state index contributed by atoms with van der Waals surface area (Å²) in [7, 11) is 0. The standard InChI is InChI=1S/C62H117NO13/c1-3-5-7-9-11-13-15-17-19-20-21-22-23-24-25-26-27-28-29-30-31-32-33-35-37-39-41-43-45-51(66)50(63-54(67)46-44-42-40-38-36-34-18-16-14-12-10-8-6-4-2)49-73-61-59(72)57(70)60(53(48-65)75-61)76-62-58(71)56(69)55(68)52(47-64)74-62/h16,18,43,45,50-53,55-62,64-66,68-72H,3-15,17,19-42,44,46-49H2,1-2H3,(H,63,67)/b18-16-,45-43+. The molecule has 0 aliphatic carbocycles. The molecule has 0 radical (unpaired) electrons. The lowest BCUT2D eigenvalue weighted by molar-refractivity contribution is -0.359. The topological polar surface area (TPSA) is 228 Å². The van der Waals surface area contributed by atoms with E-state index in [0.29, 0.717) is 6.42 Å². The van der Waals surface area contributed by atoms with Crippen LogP contribution >= 0.6 is 0 Å². The van der Waals surface area contributed by atoms with Crippen molar-refractivity contribution in [3.63, 3.8) is 0 Å². The molecule has 2 heterocycles. The fourth-order valence-corrected chi connectivity index (χ4v) is 10.5. The molecule has 2 aliphatic rings. The van der Waals surface area contributed by atoms with Crippen LogP contribution < -0.4 is 5.32 Å². The fraction of sp³-hybridized carbons (Fsp3) is 0.919. The van der Waals surface area contributed by atoms with Crippen molar-refractivity contribution in [1.82, 2.24) is 5.32 Å². The Bertz CT molecular complexity index is 1370. The van der Waals surface area contributed by atoms with E-state index in [-0.39, 0.29) is 18.9 Å². The maximum atomic E-state index is 13.2. The summed E-state index contributed by atoms with van der Waals surface area (Å²) in [6.45, 7) is 2.81. The van der Waals surface area contributed by atoms with Crippen LogP contribution in [0.15, 0.2) is 24.3 Å². The van der Waals surface area contributed by atoms with E-state index in [9.17, 15) is 45.6 Å². The van der Waals surface area contributed by atoms with Gasteiger partial charge in [0, 0.05) is 6.42 Å². The average molecular weight is 1080 g/mol. The van der Waals surface area contributed by atoms with E-state index in [1.165, 1.54) is 186 Å². The van der Waals surface area contributed by atoms with Crippen LogP contribution in [-0.4, -0.2) is 140 Å². The molecule has 0 aromatic rings. The first-order chi connectivity index (χ1) is 37.1. The van der Waals surface area contributed by atoms with Crippen LogP contribution in [0.4, 0.5) is 0 Å². The highest BCUT2D eigenvalue weighted by molar-refractivity contribution is 5.76. The summed E-state index contributed by atoms with van der Waals surface area (Å²) < 4.78 is 22.8. The maximum Gasteiger partial charge on any atom is 0.220 e. The number of allylic oxidation sites excluding steroid dienone is 3. The molecular formula is C62H117NO13. The molecule has 0 aromatic carbocycles. The van der Waals surface area contributed by atoms with Gasteiger partial charge in [-0.1, -0.05) is 244 Å². The minimum Gasteiger partial charge on any atom is -0.394 e. The Balaban J connectivity index is 1.70. The highest BCUT2D eigenvalue weighted by Gasteiger charge is 2.51. The summed E-state index contributed by atoms with van der Waals surface area (Å²) in [6, 6.07) is -0.917. The zero-order valence-electron chi connectivity index (χ0n) is 48.3. The predicted octanol–water partition coefficient (Wildman–Crippen LogP) is 11.2. The van der Waals surface area contributed by atoms with Gasteiger partial charge in [-0.3, -0.25) is 4.79 Å². The van der Waals surface area contributed by atoms with Crippen molar-refractivity contribution in [3.05, 3.63) is 24.3 Å². The molecule has 14 heteroatoms. The van der Waals surface area contributed by atoms with Crippen molar-refractivity contribution >= 4 is 5.91 Å². The summed E-state index contributed by atoms with van der Waals surface area (Å²) in [5, 5.41) is 87.1. The minimum absolute atomic E-state index is 0.246. The molecule has 2 fully saturated rings. The van der Waals surface area contributed by atoms with E-state index in [4.69, 9.17) is 18.9 Å². The highest BCUT2D eigenvalue weighted by Crippen LogP contribution is 2.30. The van der Waals surface area contributed by atoms with Crippen molar-refractivity contribution in [2.45, 2.75) is 344 Å². The first-order valence-electron chi connectivity index (χ1n) is 31.6. The second-order valence-corrected chi connectivity index (χ2v) is 22.5. The summed E-state index contributed by atoms with van der Waals surface area (Å²) in [5.74, 6) is -0.246. The van der Waals surface area contributed by atoms with Gasteiger partial charge in [0.05, 0.1) is 32.0 Å². The van der Waals surface area contributed by atoms with E-state index >= 15 is 0 Å². The van der Waals surface area contributed by atoms with Gasteiger partial charge in [-0.2, -0.15) is 0 Å². The smallest absolute Gasteiger partial charge is 0.220 e. The molecule has 12 atom stereocenters. The van der Waals surface area contributed by atoms with E-state index < -0.39 is 86.8 Å². The Hall–Kier alpha value is -1.53. The Morgan fingerprint density at radius 1 is 0.461 bits per heavy atom. The lowest BCUT2D eigenvalue weighted by Crippen LogP contribution is -2.65.